The zero-order chi connectivity index (χ0) is 18.2. The van der Waals surface area contributed by atoms with Crippen LogP contribution in [0.5, 0.6) is 0 Å². The first-order valence-corrected chi connectivity index (χ1v) is 8.67. The van der Waals surface area contributed by atoms with Crippen molar-refractivity contribution in [3.05, 3.63) is 47.3 Å². The van der Waals surface area contributed by atoms with Crippen molar-refractivity contribution in [3.63, 3.8) is 0 Å². The number of nitriles is 1. The number of amides is 1. The van der Waals surface area contributed by atoms with Crippen molar-refractivity contribution >= 4 is 5.91 Å². The van der Waals surface area contributed by atoms with Crippen LogP contribution in [0.3, 0.4) is 0 Å². The second-order valence-electron chi connectivity index (χ2n) is 7.37. The molecule has 0 radical (unpaired) electrons. The van der Waals surface area contributed by atoms with Gasteiger partial charge in [0.1, 0.15) is 5.76 Å². The molecule has 132 valence electrons. The van der Waals surface area contributed by atoms with E-state index in [1.54, 1.807) is 4.90 Å². The molecular weight excluding hydrogens is 316 g/mol. The summed E-state index contributed by atoms with van der Waals surface area (Å²) in [6.07, 6.45) is 10.5. The number of ether oxygens (including phenoxy) is 2. The van der Waals surface area contributed by atoms with E-state index < -0.39 is 11.4 Å². The van der Waals surface area contributed by atoms with Gasteiger partial charge in [-0.05, 0) is 40.2 Å². The maximum absolute atomic E-state index is 13.2. The summed E-state index contributed by atoms with van der Waals surface area (Å²) >= 11 is 0. The second-order valence-corrected chi connectivity index (χ2v) is 7.37. The highest BCUT2D eigenvalue weighted by Gasteiger charge is 2.61. The lowest BCUT2D eigenvalue weighted by atomic mass is 9.89. The van der Waals surface area contributed by atoms with Gasteiger partial charge in [0.25, 0.3) is 5.91 Å². The quantitative estimate of drug-likeness (QED) is 0.788. The Balaban J connectivity index is 2.19. The van der Waals surface area contributed by atoms with Gasteiger partial charge in [0.15, 0.2) is 0 Å². The molecule has 1 aliphatic carbocycles. The Kier molecular flexibility index (Phi) is 4.34. The molecule has 1 saturated heterocycles. The number of rotatable bonds is 3. The molecule has 2 heterocycles. The van der Waals surface area contributed by atoms with Gasteiger partial charge >= 0.3 is 5.91 Å². The molecule has 3 rings (SSSR count). The Morgan fingerprint density at radius 1 is 1.40 bits per heavy atom. The van der Waals surface area contributed by atoms with E-state index in [4.69, 9.17) is 9.47 Å². The molecule has 0 aromatic heterocycles. The summed E-state index contributed by atoms with van der Waals surface area (Å²) in [6.45, 7) is 8.14. The molecule has 5 heteroatoms. The summed E-state index contributed by atoms with van der Waals surface area (Å²) in [6, 6.07) is 2.13. The van der Waals surface area contributed by atoms with Gasteiger partial charge in [-0.1, -0.05) is 24.3 Å². The zero-order valence-electron chi connectivity index (χ0n) is 15.2. The number of nitrogens with zero attached hydrogens (tertiary/aromatic N) is 2. The van der Waals surface area contributed by atoms with Gasteiger partial charge in [-0.25, -0.2) is 0 Å². The predicted octanol–water partition coefficient (Wildman–Crippen LogP) is 3.57. The van der Waals surface area contributed by atoms with Crippen LogP contribution in [0.1, 0.15) is 40.5 Å². The highest BCUT2D eigenvalue weighted by molar-refractivity contribution is 5.99. The van der Waals surface area contributed by atoms with Crippen LogP contribution in [0.25, 0.3) is 0 Å². The van der Waals surface area contributed by atoms with Gasteiger partial charge in [0.2, 0.25) is 0 Å². The number of carbonyl (C=O) groups is 1. The minimum atomic E-state index is -1.26. The Hall–Kier alpha value is -2.32. The lowest BCUT2D eigenvalue weighted by Gasteiger charge is -2.49. The van der Waals surface area contributed by atoms with Gasteiger partial charge in [-0.15, -0.1) is 0 Å². The van der Waals surface area contributed by atoms with Crippen LogP contribution in [0.15, 0.2) is 47.3 Å². The summed E-state index contributed by atoms with van der Waals surface area (Å²) in [5, 5.41) is 9.24. The molecular formula is C20H24N2O3. The Bertz CT molecular complexity index is 746. The Morgan fingerprint density at radius 3 is 2.80 bits per heavy atom. The molecule has 2 atom stereocenters. The van der Waals surface area contributed by atoms with Gasteiger partial charge in [0, 0.05) is 22.6 Å². The Labute approximate surface area is 148 Å². The summed E-state index contributed by atoms with van der Waals surface area (Å²) in [4.78, 5) is 14.8. The number of hydrogen-bond donors (Lipinski definition) is 0. The lowest BCUT2D eigenvalue weighted by molar-refractivity contribution is -0.287. The maximum atomic E-state index is 13.2. The van der Waals surface area contributed by atoms with Crippen molar-refractivity contribution in [2.45, 2.75) is 52.0 Å². The van der Waals surface area contributed by atoms with Crippen molar-refractivity contribution in [1.82, 2.24) is 4.90 Å². The standard InChI is InChI=1S/C20H24N2O3/c1-5-24-20-16(13-14-9-7-6-8-10-17(14)25-20)15(11-12-21)18(23)22(20)19(2,3)4/h6-10,14H,5,11,13H2,1-4H3. The van der Waals surface area contributed by atoms with Crippen LogP contribution in [-0.2, 0) is 14.3 Å². The molecule has 0 spiro atoms. The molecule has 0 N–H and O–H groups in total. The fourth-order valence-electron chi connectivity index (χ4n) is 3.76. The molecule has 5 nitrogen and oxygen atoms in total. The van der Waals surface area contributed by atoms with E-state index in [-0.39, 0.29) is 18.2 Å². The van der Waals surface area contributed by atoms with E-state index in [1.165, 1.54) is 0 Å². The lowest BCUT2D eigenvalue weighted by Crippen LogP contribution is -2.61. The van der Waals surface area contributed by atoms with Crippen molar-refractivity contribution in [3.8, 4) is 6.07 Å². The molecule has 25 heavy (non-hydrogen) atoms. The van der Waals surface area contributed by atoms with Gasteiger partial charge in [-0.3, -0.25) is 9.69 Å². The first-order valence-electron chi connectivity index (χ1n) is 8.67. The maximum Gasteiger partial charge on any atom is 0.322 e. The van der Waals surface area contributed by atoms with Crippen LogP contribution in [0.2, 0.25) is 0 Å². The highest BCUT2D eigenvalue weighted by Crippen LogP contribution is 2.51. The highest BCUT2D eigenvalue weighted by atomic mass is 16.7. The monoisotopic (exact) mass is 340 g/mol. The molecule has 3 aliphatic rings. The normalized spacial score (nSPS) is 28.1. The third kappa shape index (κ3) is 2.71. The third-order valence-corrected chi connectivity index (χ3v) is 4.64. The molecule has 0 aromatic rings. The summed E-state index contributed by atoms with van der Waals surface area (Å²) in [7, 11) is 0. The minimum Gasteiger partial charge on any atom is -0.444 e. The number of carbonyl (C=O) groups excluding carboxylic acids is 1. The number of fused-ring (bicyclic) bond motifs is 2. The van der Waals surface area contributed by atoms with Crippen molar-refractivity contribution in [2.24, 2.45) is 5.92 Å². The molecule has 2 unspecified atom stereocenters. The molecule has 0 bridgehead atoms. The van der Waals surface area contributed by atoms with E-state index in [9.17, 15) is 10.1 Å². The first kappa shape index (κ1) is 17.5. The fraction of sp³-hybridized carbons (Fsp3) is 0.500. The minimum absolute atomic E-state index is 0.0417. The average Bonchev–Trinajstić information content (AvgIpc) is 2.66. The van der Waals surface area contributed by atoms with Crippen molar-refractivity contribution < 1.29 is 14.3 Å². The fourth-order valence-corrected chi connectivity index (χ4v) is 3.76. The van der Waals surface area contributed by atoms with Crippen LogP contribution in [-0.4, -0.2) is 28.9 Å². The summed E-state index contributed by atoms with van der Waals surface area (Å²) < 4.78 is 12.5. The van der Waals surface area contributed by atoms with Crippen molar-refractivity contribution in [1.29, 1.82) is 5.26 Å². The summed E-state index contributed by atoms with van der Waals surface area (Å²) in [5.74, 6) is -0.610. The predicted molar refractivity (Wildman–Crippen MR) is 93.8 cm³/mol. The van der Waals surface area contributed by atoms with E-state index in [1.807, 2.05) is 52.0 Å². The Morgan fingerprint density at radius 2 is 2.16 bits per heavy atom. The van der Waals surface area contributed by atoms with Crippen molar-refractivity contribution in [2.75, 3.05) is 6.61 Å². The van der Waals surface area contributed by atoms with E-state index in [0.29, 0.717) is 18.6 Å². The van der Waals surface area contributed by atoms with E-state index >= 15 is 0 Å². The van der Waals surface area contributed by atoms with E-state index in [2.05, 4.69) is 12.1 Å². The average molecular weight is 340 g/mol. The smallest absolute Gasteiger partial charge is 0.322 e. The first-order chi connectivity index (χ1) is 11.8. The molecule has 1 fully saturated rings. The molecule has 1 amide bonds. The van der Waals surface area contributed by atoms with Crippen LogP contribution < -0.4 is 0 Å². The van der Waals surface area contributed by atoms with Gasteiger partial charge < -0.3 is 9.47 Å². The van der Waals surface area contributed by atoms with Crippen LogP contribution >= 0.6 is 0 Å². The number of hydrogen-bond acceptors (Lipinski definition) is 4. The largest absolute Gasteiger partial charge is 0.444 e. The third-order valence-electron chi connectivity index (χ3n) is 4.64. The zero-order valence-corrected chi connectivity index (χ0v) is 15.2. The second kappa shape index (κ2) is 6.20. The molecule has 0 aromatic carbocycles. The summed E-state index contributed by atoms with van der Waals surface area (Å²) in [5.41, 5.74) is 0.776. The molecule has 0 saturated carbocycles. The van der Waals surface area contributed by atoms with Crippen LogP contribution in [0.4, 0.5) is 0 Å². The van der Waals surface area contributed by atoms with Gasteiger partial charge in [-0.2, -0.15) is 5.26 Å². The van der Waals surface area contributed by atoms with Gasteiger partial charge in [0.05, 0.1) is 19.1 Å². The van der Waals surface area contributed by atoms with E-state index in [0.717, 1.165) is 11.3 Å². The van der Waals surface area contributed by atoms with Crippen LogP contribution in [0, 0.1) is 17.2 Å². The SMILES string of the molecule is CCOC12OC3=CC=CC=CC3CC1=C(CC#N)C(=O)N2C(C)(C)C. The topological polar surface area (TPSA) is 62.6 Å². The molecule has 2 aliphatic heterocycles. The number of allylic oxidation sites excluding steroid dienone is 5.